The van der Waals surface area contributed by atoms with Crippen molar-refractivity contribution in [3.63, 3.8) is 0 Å². The number of hydrogen-bond acceptors (Lipinski definition) is 2. The largest absolute Gasteiger partial charge is 0.241 e. The molecule has 0 saturated heterocycles. The molecule has 2 fully saturated rings. The highest BCUT2D eigenvalue weighted by atomic mass is 14.9. The van der Waals surface area contributed by atoms with Gasteiger partial charge in [0.05, 0.1) is 0 Å². The molecule has 0 atom stereocenters. The van der Waals surface area contributed by atoms with Crippen LogP contribution < -0.4 is 0 Å². The van der Waals surface area contributed by atoms with Gasteiger partial charge in [-0.25, -0.2) is 9.97 Å². The molecule has 2 heteroatoms. The van der Waals surface area contributed by atoms with E-state index in [1.165, 1.54) is 108 Å². The molecule has 0 amide bonds. The van der Waals surface area contributed by atoms with E-state index < -0.39 is 0 Å². The smallest absolute Gasteiger partial charge is 0.131 e. The zero-order valence-corrected chi connectivity index (χ0v) is 19.4. The average Bonchev–Trinajstić information content (AvgIpc) is 2.78. The van der Waals surface area contributed by atoms with E-state index >= 15 is 0 Å². The molecule has 0 radical (unpaired) electrons. The Bertz CT molecular complexity index is 536. The van der Waals surface area contributed by atoms with Gasteiger partial charge in [0, 0.05) is 18.3 Å². The lowest BCUT2D eigenvalue weighted by Gasteiger charge is -2.31. The van der Waals surface area contributed by atoms with Gasteiger partial charge in [-0.1, -0.05) is 84.5 Å². The van der Waals surface area contributed by atoms with Crippen LogP contribution in [0.25, 0.3) is 0 Å². The van der Waals surface area contributed by atoms with Gasteiger partial charge in [-0.3, -0.25) is 0 Å². The van der Waals surface area contributed by atoms with Crippen molar-refractivity contribution in [3.05, 3.63) is 23.8 Å². The molecule has 0 unspecified atom stereocenters. The molecule has 0 aromatic carbocycles. The molecule has 164 valence electrons. The van der Waals surface area contributed by atoms with Gasteiger partial charge in [0.15, 0.2) is 0 Å². The molecule has 2 nitrogen and oxygen atoms in total. The monoisotopic (exact) mass is 398 g/mol. The summed E-state index contributed by atoms with van der Waals surface area (Å²) in [6, 6.07) is 0. The fourth-order valence-electron chi connectivity index (χ4n) is 5.77. The Morgan fingerprint density at radius 3 is 1.72 bits per heavy atom. The van der Waals surface area contributed by atoms with Gasteiger partial charge in [0.25, 0.3) is 0 Å². The van der Waals surface area contributed by atoms with Gasteiger partial charge in [-0.2, -0.15) is 0 Å². The molecule has 1 aromatic rings. The average molecular weight is 399 g/mol. The van der Waals surface area contributed by atoms with Crippen LogP contribution in [0.2, 0.25) is 0 Å². The van der Waals surface area contributed by atoms with E-state index in [4.69, 9.17) is 9.97 Å². The molecule has 2 aliphatic carbocycles. The minimum Gasteiger partial charge on any atom is -0.241 e. The van der Waals surface area contributed by atoms with E-state index in [1.54, 1.807) is 0 Å². The Morgan fingerprint density at radius 2 is 1.17 bits per heavy atom. The van der Waals surface area contributed by atoms with Crippen LogP contribution in [0.1, 0.15) is 134 Å². The van der Waals surface area contributed by atoms with E-state index in [-0.39, 0.29) is 0 Å². The minimum absolute atomic E-state index is 0.616. The summed E-state index contributed by atoms with van der Waals surface area (Å²) in [5, 5.41) is 0. The van der Waals surface area contributed by atoms with Crippen LogP contribution in [0.3, 0.4) is 0 Å². The third-order valence-electron chi connectivity index (χ3n) is 7.92. The van der Waals surface area contributed by atoms with Crippen LogP contribution in [0.15, 0.2) is 12.4 Å². The summed E-state index contributed by atoms with van der Waals surface area (Å²) in [5.74, 6) is 4.80. The molecule has 1 heterocycles. The van der Waals surface area contributed by atoms with Gasteiger partial charge in [0.1, 0.15) is 5.82 Å². The van der Waals surface area contributed by atoms with E-state index in [0.29, 0.717) is 5.92 Å². The summed E-state index contributed by atoms with van der Waals surface area (Å²) in [6.45, 7) is 4.59. The lowest BCUT2D eigenvalue weighted by atomic mass is 9.75. The van der Waals surface area contributed by atoms with Crippen LogP contribution in [0, 0.1) is 17.8 Å². The number of hydrogen-bond donors (Lipinski definition) is 0. The maximum Gasteiger partial charge on any atom is 0.131 e. The summed E-state index contributed by atoms with van der Waals surface area (Å²) in [5.41, 5.74) is 1.32. The van der Waals surface area contributed by atoms with Gasteiger partial charge in [-0.05, 0) is 61.8 Å². The Labute approximate surface area is 180 Å². The van der Waals surface area contributed by atoms with Crippen LogP contribution in [0.5, 0.6) is 0 Å². The van der Waals surface area contributed by atoms with Crippen molar-refractivity contribution in [2.45, 2.75) is 129 Å². The normalized spacial score (nSPS) is 27.8. The molecule has 0 spiro atoms. The first-order valence-corrected chi connectivity index (χ1v) is 13.1. The molecule has 0 bridgehead atoms. The zero-order valence-electron chi connectivity index (χ0n) is 19.4. The Kier molecular flexibility index (Phi) is 9.97. The SMILES string of the molecule is CCCCCc1cnc(C2CCC(CC[C@H]3CC[C@H](CCCC)CC3)CC2)nc1. The van der Waals surface area contributed by atoms with E-state index in [0.717, 1.165) is 30.0 Å². The van der Waals surface area contributed by atoms with Crippen LogP contribution in [0.4, 0.5) is 0 Å². The van der Waals surface area contributed by atoms with Crippen molar-refractivity contribution >= 4 is 0 Å². The number of nitrogens with zero attached hydrogens (tertiary/aromatic N) is 2. The first-order chi connectivity index (χ1) is 14.3. The van der Waals surface area contributed by atoms with Crippen LogP contribution >= 0.6 is 0 Å². The first-order valence-electron chi connectivity index (χ1n) is 13.1. The maximum atomic E-state index is 4.74. The number of rotatable bonds is 11. The highest BCUT2D eigenvalue weighted by Crippen LogP contribution is 2.39. The molecular weight excluding hydrogens is 352 g/mol. The molecule has 3 rings (SSSR count). The predicted molar refractivity (Wildman–Crippen MR) is 124 cm³/mol. The quantitative estimate of drug-likeness (QED) is 0.350. The number of unbranched alkanes of at least 4 members (excludes halogenated alkanes) is 3. The highest BCUT2D eigenvalue weighted by Gasteiger charge is 2.26. The molecular formula is C27H46N2. The second-order valence-corrected chi connectivity index (χ2v) is 10.2. The fraction of sp³-hybridized carbons (Fsp3) is 0.852. The second kappa shape index (κ2) is 12.7. The summed E-state index contributed by atoms with van der Waals surface area (Å²) < 4.78 is 0. The third kappa shape index (κ3) is 7.68. The fourth-order valence-corrected chi connectivity index (χ4v) is 5.77. The van der Waals surface area contributed by atoms with Gasteiger partial charge in [0.2, 0.25) is 0 Å². The van der Waals surface area contributed by atoms with Crippen LogP contribution in [-0.2, 0) is 6.42 Å². The van der Waals surface area contributed by atoms with E-state index in [2.05, 4.69) is 26.2 Å². The first kappa shape index (κ1) is 22.8. The number of aryl methyl sites for hydroxylation is 1. The Hall–Kier alpha value is -0.920. The topological polar surface area (TPSA) is 25.8 Å². The summed E-state index contributed by atoms with van der Waals surface area (Å²) in [7, 11) is 0. The minimum atomic E-state index is 0.616. The summed E-state index contributed by atoms with van der Waals surface area (Å²) in [6.07, 6.45) is 28.0. The third-order valence-corrected chi connectivity index (χ3v) is 7.92. The van der Waals surface area contributed by atoms with Crippen molar-refractivity contribution in [2.24, 2.45) is 17.8 Å². The van der Waals surface area contributed by atoms with Gasteiger partial charge >= 0.3 is 0 Å². The Morgan fingerprint density at radius 1 is 0.655 bits per heavy atom. The highest BCUT2D eigenvalue weighted by molar-refractivity contribution is 5.08. The number of aromatic nitrogens is 2. The van der Waals surface area contributed by atoms with Crippen molar-refractivity contribution in [2.75, 3.05) is 0 Å². The molecule has 2 aliphatic rings. The van der Waals surface area contributed by atoms with Gasteiger partial charge in [-0.15, -0.1) is 0 Å². The van der Waals surface area contributed by atoms with Crippen molar-refractivity contribution < 1.29 is 0 Å². The lowest BCUT2D eigenvalue weighted by molar-refractivity contribution is 0.222. The van der Waals surface area contributed by atoms with Gasteiger partial charge < -0.3 is 0 Å². The predicted octanol–water partition coefficient (Wildman–Crippen LogP) is 8.26. The van der Waals surface area contributed by atoms with Crippen molar-refractivity contribution in [3.8, 4) is 0 Å². The standard InChI is InChI=1S/C27H46N2/c1-3-5-7-9-25-20-28-27(29-21-25)26-18-16-24(17-19-26)15-14-23-12-10-22(11-13-23)8-6-4-2/h20-24,26H,3-19H2,1-2H3/t22-,23-,24?,26?. The van der Waals surface area contributed by atoms with Crippen molar-refractivity contribution in [1.29, 1.82) is 0 Å². The van der Waals surface area contributed by atoms with Crippen LogP contribution in [-0.4, -0.2) is 9.97 Å². The second-order valence-electron chi connectivity index (χ2n) is 10.2. The van der Waals surface area contributed by atoms with E-state index in [1.807, 2.05) is 0 Å². The Balaban J connectivity index is 1.31. The molecule has 1 aromatic heterocycles. The molecule has 0 N–H and O–H groups in total. The molecule has 0 aliphatic heterocycles. The molecule has 2 saturated carbocycles. The summed E-state index contributed by atoms with van der Waals surface area (Å²) in [4.78, 5) is 9.49. The molecule has 29 heavy (non-hydrogen) atoms. The zero-order chi connectivity index (χ0) is 20.3. The van der Waals surface area contributed by atoms with Crippen molar-refractivity contribution in [1.82, 2.24) is 9.97 Å². The van der Waals surface area contributed by atoms with E-state index in [9.17, 15) is 0 Å². The summed E-state index contributed by atoms with van der Waals surface area (Å²) >= 11 is 0. The maximum absolute atomic E-state index is 4.74. The lowest BCUT2D eigenvalue weighted by Crippen LogP contribution is -2.18.